The van der Waals surface area contributed by atoms with Crippen molar-refractivity contribution in [3.8, 4) is 29.6 Å². The zero-order chi connectivity index (χ0) is 12.0. The molecule has 0 aliphatic carbocycles. The number of terminal acetylenes is 1. The molecule has 16 heavy (non-hydrogen) atoms. The van der Waals surface area contributed by atoms with Crippen molar-refractivity contribution in [2.24, 2.45) is 0 Å². The second-order valence-corrected chi connectivity index (χ2v) is 3.02. The van der Waals surface area contributed by atoms with Crippen LogP contribution in [0.2, 0.25) is 0 Å². The largest absolute Gasteiger partial charge is 0.493 e. The minimum Gasteiger partial charge on any atom is -0.493 e. The van der Waals surface area contributed by atoms with Gasteiger partial charge in [-0.15, -0.1) is 6.42 Å². The van der Waals surface area contributed by atoms with Gasteiger partial charge in [0.15, 0.2) is 11.5 Å². The first-order chi connectivity index (χ1) is 7.76. The van der Waals surface area contributed by atoms with E-state index in [0.717, 1.165) is 0 Å². The lowest BCUT2D eigenvalue weighted by atomic mass is 10.2. The van der Waals surface area contributed by atoms with Gasteiger partial charge in [-0.1, -0.05) is 5.92 Å². The number of methoxy groups -OCH3 is 1. The Kier molecular flexibility index (Phi) is 4.53. The fourth-order valence-electron chi connectivity index (χ4n) is 1.36. The summed E-state index contributed by atoms with van der Waals surface area (Å²) >= 11 is 0. The summed E-state index contributed by atoms with van der Waals surface area (Å²) in [5.74, 6) is 4.38. The zero-order valence-electron chi connectivity index (χ0n) is 9.87. The summed E-state index contributed by atoms with van der Waals surface area (Å²) in [5.41, 5.74) is 0.712. The highest BCUT2D eigenvalue weighted by Crippen LogP contribution is 2.38. The smallest absolute Gasteiger partial charge is 0.203 e. The van der Waals surface area contributed by atoms with Crippen molar-refractivity contribution in [2.75, 3.05) is 20.3 Å². The number of hydrogen-bond acceptors (Lipinski definition) is 3. The lowest BCUT2D eigenvalue weighted by Crippen LogP contribution is -2.01. The van der Waals surface area contributed by atoms with Crippen LogP contribution in [0.15, 0.2) is 12.1 Å². The molecule has 0 fully saturated rings. The van der Waals surface area contributed by atoms with Crippen LogP contribution in [-0.4, -0.2) is 20.3 Å². The van der Waals surface area contributed by atoms with Crippen LogP contribution in [0.3, 0.4) is 0 Å². The summed E-state index contributed by atoms with van der Waals surface area (Å²) in [6, 6.07) is 3.53. The molecule has 0 amide bonds. The fourth-order valence-corrected chi connectivity index (χ4v) is 1.36. The van der Waals surface area contributed by atoms with Gasteiger partial charge in [0.05, 0.1) is 20.3 Å². The molecule has 0 aliphatic rings. The molecule has 1 aromatic carbocycles. The maximum atomic E-state index is 5.49. The minimum absolute atomic E-state index is 0.547. The normalized spacial score (nSPS) is 9.38. The number of rotatable bonds is 5. The first-order valence-electron chi connectivity index (χ1n) is 5.21. The van der Waals surface area contributed by atoms with Gasteiger partial charge in [0.1, 0.15) is 0 Å². The van der Waals surface area contributed by atoms with E-state index in [2.05, 4.69) is 5.92 Å². The molecule has 0 N–H and O–H groups in total. The van der Waals surface area contributed by atoms with E-state index in [-0.39, 0.29) is 0 Å². The average molecular weight is 220 g/mol. The van der Waals surface area contributed by atoms with Crippen molar-refractivity contribution < 1.29 is 14.2 Å². The highest BCUT2D eigenvalue weighted by molar-refractivity contribution is 5.57. The lowest BCUT2D eigenvalue weighted by molar-refractivity contribution is 0.272. The summed E-state index contributed by atoms with van der Waals surface area (Å²) in [7, 11) is 1.58. The molecule has 0 unspecified atom stereocenters. The Morgan fingerprint density at radius 1 is 1.12 bits per heavy atom. The van der Waals surface area contributed by atoms with E-state index in [1.807, 2.05) is 13.8 Å². The van der Waals surface area contributed by atoms with Crippen molar-refractivity contribution in [1.29, 1.82) is 0 Å². The highest BCUT2D eigenvalue weighted by atomic mass is 16.5. The summed E-state index contributed by atoms with van der Waals surface area (Å²) in [6.07, 6.45) is 5.36. The number of hydrogen-bond donors (Lipinski definition) is 0. The summed E-state index contributed by atoms with van der Waals surface area (Å²) < 4.78 is 16.2. The van der Waals surface area contributed by atoms with E-state index < -0.39 is 0 Å². The molecule has 0 atom stereocenters. The van der Waals surface area contributed by atoms with Crippen LogP contribution in [0.25, 0.3) is 0 Å². The van der Waals surface area contributed by atoms with E-state index in [0.29, 0.717) is 36.0 Å². The molecular formula is C13H16O3. The molecule has 0 saturated carbocycles. The Morgan fingerprint density at radius 2 is 1.75 bits per heavy atom. The highest BCUT2D eigenvalue weighted by Gasteiger charge is 2.13. The van der Waals surface area contributed by atoms with Crippen LogP contribution in [-0.2, 0) is 0 Å². The fraction of sp³-hybridized carbons (Fsp3) is 0.385. The second kappa shape index (κ2) is 5.92. The van der Waals surface area contributed by atoms with Gasteiger partial charge < -0.3 is 14.2 Å². The van der Waals surface area contributed by atoms with Gasteiger partial charge in [0.2, 0.25) is 5.75 Å². The van der Waals surface area contributed by atoms with Gasteiger partial charge >= 0.3 is 0 Å². The van der Waals surface area contributed by atoms with Gasteiger partial charge in [0, 0.05) is 5.56 Å². The van der Waals surface area contributed by atoms with E-state index in [1.165, 1.54) is 0 Å². The van der Waals surface area contributed by atoms with E-state index in [1.54, 1.807) is 19.2 Å². The standard InChI is InChI=1S/C13H16O3/c1-5-10-8-11(14-4)13(16-7-3)12(9-10)15-6-2/h1,8-9H,6-7H2,2-4H3. The molecule has 0 bridgehead atoms. The Bertz CT molecular complexity index is 391. The van der Waals surface area contributed by atoms with Crippen molar-refractivity contribution in [3.05, 3.63) is 17.7 Å². The lowest BCUT2D eigenvalue weighted by Gasteiger charge is -2.14. The third-order valence-corrected chi connectivity index (χ3v) is 2.00. The van der Waals surface area contributed by atoms with Crippen molar-refractivity contribution in [2.45, 2.75) is 13.8 Å². The molecule has 0 heterocycles. The van der Waals surface area contributed by atoms with Crippen molar-refractivity contribution in [1.82, 2.24) is 0 Å². The summed E-state index contributed by atoms with van der Waals surface area (Å²) in [5, 5.41) is 0. The van der Waals surface area contributed by atoms with Crippen LogP contribution < -0.4 is 14.2 Å². The number of ether oxygens (including phenoxy) is 3. The predicted molar refractivity (Wildman–Crippen MR) is 63.3 cm³/mol. The first kappa shape index (κ1) is 12.3. The van der Waals surface area contributed by atoms with Gasteiger partial charge in [-0.2, -0.15) is 0 Å². The van der Waals surface area contributed by atoms with Crippen LogP contribution >= 0.6 is 0 Å². The first-order valence-corrected chi connectivity index (χ1v) is 5.21. The molecule has 86 valence electrons. The van der Waals surface area contributed by atoms with Gasteiger partial charge in [-0.05, 0) is 26.0 Å². The molecule has 0 radical (unpaired) electrons. The third-order valence-electron chi connectivity index (χ3n) is 2.00. The molecule has 0 saturated heterocycles. The third kappa shape index (κ3) is 2.60. The molecular weight excluding hydrogens is 204 g/mol. The summed E-state index contributed by atoms with van der Waals surface area (Å²) in [6.45, 7) is 4.91. The minimum atomic E-state index is 0.547. The van der Waals surface area contributed by atoms with Crippen molar-refractivity contribution >= 4 is 0 Å². The topological polar surface area (TPSA) is 27.7 Å². The second-order valence-electron chi connectivity index (χ2n) is 3.02. The van der Waals surface area contributed by atoms with E-state index >= 15 is 0 Å². The van der Waals surface area contributed by atoms with Crippen LogP contribution in [0.5, 0.6) is 17.2 Å². The zero-order valence-corrected chi connectivity index (χ0v) is 9.87. The Balaban J connectivity index is 3.24. The maximum Gasteiger partial charge on any atom is 0.203 e. The molecule has 0 spiro atoms. The van der Waals surface area contributed by atoms with Crippen molar-refractivity contribution in [3.63, 3.8) is 0 Å². The maximum absolute atomic E-state index is 5.49. The van der Waals surface area contributed by atoms with E-state index in [9.17, 15) is 0 Å². The van der Waals surface area contributed by atoms with Gasteiger partial charge in [0.25, 0.3) is 0 Å². The van der Waals surface area contributed by atoms with Gasteiger partial charge in [-0.3, -0.25) is 0 Å². The molecule has 0 aliphatic heterocycles. The Labute approximate surface area is 96.3 Å². The SMILES string of the molecule is C#Cc1cc(OC)c(OCC)c(OCC)c1. The molecule has 0 aromatic heterocycles. The van der Waals surface area contributed by atoms with Crippen LogP contribution in [0.1, 0.15) is 19.4 Å². The predicted octanol–water partition coefficient (Wildman–Crippen LogP) is 2.47. The number of benzene rings is 1. The molecule has 1 aromatic rings. The summed E-state index contributed by atoms with van der Waals surface area (Å²) in [4.78, 5) is 0. The molecule has 1 rings (SSSR count). The van der Waals surface area contributed by atoms with E-state index in [4.69, 9.17) is 20.6 Å². The monoisotopic (exact) mass is 220 g/mol. The van der Waals surface area contributed by atoms with Crippen LogP contribution in [0.4, 0.5) is 0 Å². The van der Waals surface area contributed by atoms with Crippen LogP contribution in [0, 0.1) is 12.3 Å². The molecule has 3 heteroatoms. The quantitative estimate of drug-likeness (QED) is 0.713. The van der Waals surface area contributed by atoms with Gasteiger partial charge in [-0.25, -0.2) is 0 Å². The Hall–Kier alpha value is -1.82. The average Bonchev–Trinajstić information content (AvgIpc) is 2.31. The Morgan fingerprint density at radius 3 is 2.25 bits per heavy atom. The molecule has 3 nitrogen and oxygen atoms in total.